The third kappa shape index (κ3) is 5.66. The molecular weight excluding hydrogens is 496 g/mol. The number of hydrogen-bond acceptors (Lipinski definition) is 5. The van der Waals surface area contributed by atoms with Gasteiger partial charge < -0.3 is 10.1 Å². The van der Waals surface area contributed by atoms with Gasteiger partial charge in [0.25, 0.3) is 0 Å². The van der Waals surface area contributed by atoms with Crippen LogP contribution >= 0.6 is 0 Å². The Hall–Kier alpha value is -3.50. The summed E-state index contributed by atoms with van der Waals surface area (Å²) in [6.45, 7) is -0.315. The van der Waals surface area contributed by atoms with Gasteiger partial charge in [0.2, 0.25) is 0 Å². The van der Waals surface area contributed by atoms with E-state index in [2.05, 4.69) is 10.3 Å². The Kier molecular flexibility index (Phi) is 7.28. The normalized spacial score (nSPS) is 12.1. The monoisotopic (exact) mass is 518 g/mol. The maximum atomic E-state index is 13.7. The zero-order chi connectivity index (χ0) is 25.9. The van der Waals surface area contributed by atoms with E-state index in [1.54, 1.807) is 42.5 Å². The zero-order valence-corrected chi connectivity index (χ0v) is 20.0. The lowest BCUT2D eigenvalue weighted by Crippen LogP contribution is -2.17. The van der Waals surface area contributed by atoms with E-state index in [4.69, 9.17) is 4.74 Å². The second kappa shape index (κ2) is 10.2. The van der Waals surface area contributed by atoms with Crippen molar-refractivity contribution in [2.75, 3.05) is 19.5 Å². The predicted molar refractivity (Wildman–Crippen MR) is 129 cm³/mol. The van der Waals surface area contributed by atoms with Gasteiger partial charge in [0, 0.05) is 30.9 Å². The van der Waals surface area contributed by atoms with Crippen LogP contribution in [0, 0.1) is 0 Å². The van der Waals surface area contributed by atoms with Crippen molar-refractivity contribution < 1.29 is 30.7 Å². The van der Waals surface area contributed by atoms with Crippen molar-refractivity contribution in [3.63, 3.8) is 0 Å². The standard InChI is InChI=1S/C26H22F4N2O3S/c1-36(33,34)21-8-3-7-20(14-21)35-19-6-2-5-17(13-19)24-18(15-31-12-11-27)16-32-25-22(24)9-4-10-23(25)26(28,29)30/h2-10,13-14,16,31H,11-12,15H2,1H3. The molecule has 0 bridgehead atoms. The van der Waals surface area contributed by atoms with Gasteiger partial charge in [0.15, 0.2) is 9.84 Å². The smallest absolute Gasteiger partial charge is 0.418 e. The van der Waals surface area contributed by atoms with Crippen LogP contribution in [0.4, 0.5) is 17.6 Å². The molecule has 0 unspecified atom stereocenters. The molecule has 4 aromatic rings. The molecule has 188 valence electrons. The first kappa shape index (κ1) is 25.6. The number of sulfone groups is 1. The van der Waals surface area contributed by atoms with Gasteiger partial charge in [-0.2, -0.15) is 13.2 Å². The molecule has 0 saturated carbocycles. The quantitative estimate of drug-likeness (QED) is 0.223. The van der Waals surface area contributed by atoms with Crippen LogP contribution in [-0.2, 0) is 22.6 Å². The number of ether oxygens (including phenoxy) is 1. The van der Waals surface area contributed by atoms with E-state index in [1.165, 1.54) is 24.4 Å². The Morgan fingerprint density at radius 1 is 0.972 bits per heavy atom. The minimum atomic E-state index is -4.59. The fourth-order valence-electron chi connectivity index (χ4n) is 3.88. The van der Waals surface area contributed by atoms with E-state index in [-0.39, 0.29) is 23.5 Å². The van der Waals surface area contributed by atoms with Crippen LogP contribution < -0.4 is 10.1 Å². The van der Waals surface area contributed by atoms with Gasteiger partial charge in [-0.15, -0.1) is 0 Å². The molecule has 1 N–H and O–H groups in total. The summed E-state index contributed by atoms with van der Waals surface area (Å²) in [7, 11) is -3.44. The van der Waals surface area contributed by atoms with Crippen LogP contribution in [0.25, 0.3) is 22.0 Å². The zero-order valence-electron chi connectivity index (χ0n) is 19.1. The van der Waals surface area contributed by atoms with Crippen LogP contribution in [-0.4, -0.2) is 32.9 Å². The van der Waals surface area contributed by atoms with Crippen LogP contribution in [0.15, 0.2) is 77.8 Å². The summed E-state index contributed by atoms with van der Waals surface area (Å²) in [5.41, 5.74) is 0.616. The molecule has 1 aromatic heterocycles. The SMILES string of the molecule is CS(=O)(=O)c1cccc(Oc2cccc(-c3c(CNCCF)cnc4c(C(F)(F)F)cccc34)c2)c1. The fourth-order valence-corrected chi connectivity index (χ4v) is 4.53. The molecule has 4 rings (SSSR count). The van der Waals surface area contributed by atoms with Gasteiger partial charge in [-0.3, -0.25) is 4.98 Å². The number of aromatic nitrogens is 1. The maximum Gasteiger partial charge on any atom is 0.418 e. The van der Waals surface area contributed by atoms with Crippen molar-refractivity contribution in [3.05, 3.63) is 84.1 Å². The number of nitrogens with one attached hydrogen (secondary N) is 1. The summed E-state index contributed by atoms with van der Waals surface area (Å²) in [5.74, 6) is 0.650. The lowest BCUT2D eigenvalue weighted by molar-refractivity contribution is -0.136. The second-order valence-electron chi connectivity index (χ2n) is 8.10. The van der Waals surface area contributed by atoms with E-state index >= 15 is 0 Å². The minimum Gasteiger partial charge on any atom is -0.457 e. The number of benzene rings is 3. The summed E-state index contributed by atoms with van der Waals surface area (Å²) >= 11 is 0. The van der Waals surface area contributed by atoms with Crippen LogP contribution in [0.1, 0.15) is 11.1 Å². The molecule has 0 spiro atoms. The Bertz CT molecular complexity index is 1510. The second-order valence-corrected chi connectivity index (χ2v) is 10.1. The number of para-hydroxylation sites is 1. The van der Waals surface area contributed by atoms with Crippen LogP contribution in [0.5, 0.6) is 11.5 Å². The summed E-state index contributed by atoms with van der Waals surface area (Å²) in [6, 6.07) is 16.6. The van der Waals surface area contributed by atoms with E-state index in [1.807, 2.05) is 0 Å². The Morgan fingerprint density at radius 3 is 2.36 bits per heavy atom. The molecule has 0 aliphatic carbocycles. The van der Waals surface area contributed by atoms with Crippen molar-refractivity contribution in [2.24, 2.45) is 0 Å². The largest absolute Gasteiger partial charge is 0.457 e. The topological polar surface area (TPSA) is 68.3 Å². The molecular formula is C26H22F4N2O3S. The summed E-state index contributed by atoms with van der Waals surface area (Å²) in [6.07, 6.45) is -2.14. The molecule has 0 saturated heterocycles. The minimum absolute atomic E-state index is 0.0832. The van der Waals surface area contributed by atoms with Crippen LogP contribution in [0.3, 0.4) is 0 Å². The summed E-state index contributed by atoms with van der Waals surface area (Å²) < 4.78 is 83.3. The summed E-state index contributed by atoms with van der Waals surface area (Å²) in [5, 5.41) is 3.21. The van der Waals surface area contributed by atoms with Gasteiger partial charge in [0.1, 0.15) is 18.2 Å². The van der Waals surface area contributed by atoms with E-state index in [0.29, 0.717) is 33.6 Å². The summed E-state index contributed by atoms with van der Waals surface area (Å²) in [4.78, 5) is 4.19. The molecule has 36 heavy (non-hydrogen) atoms. The third-order valence-corrected chi connectivity index (χ3v) is 6.57. The number of pyridine rings is 1. The van der Waals surface area contributed by atoms with E-state index in [0.717, 1.165) is 12.3 Å². The molecule has 10 heteroatoms. The van der Waals surface area contributed by atoms with Crippen LogP contribution in [0.2, 0.25) is 0 Å². The first-order valence-corrected chi connectivity index (χ1v) is 12.8. The number of halogens is 4. The number of alkyl halides is 4. The van der Waals surface area contributed by atoms with Crippen molar-refractivity contribution >= 4 is 20.7 Å². The van der Waals surface area contributed by atoms with Gasteiger partial charge in [-0.1, -0.05) is 30.3 Å². The Labute approximate surface area is 205 Å². The average Bonchev–Trinajstić information content (AvgIpc) is 2.83. The lowest BCUT2D eigenvalue weighted by Gasteiger charge is -2.17. The molecule has 0 radical (unpaired) electrons. The molecule has 0 amide bonds. The fraction of sp³-hybridized carbons (Fsp3) is 0.192. The molecule has 5 nitrogen and oxygen atoms in total. The highest BCUT2D eigenvalue weighted by Gasteiger charge is 2.33. The highest BCUT2D eigenvalue weighted by atomic mass is 32.2. The number of hydrogen-bond donors (Lipinski definition) is 1. The van der Waals surface area contributed by atoms with Crippen molar-refractivity contribution in [1.29, 1.82) is 0 Å². The molecule has 3 aromatic carbocycles. The molecule has 0 aliphatic heterocycles. The third-order valence-electron chi connectivity index (χ3n) is 5.46. The average molecular weight is 519 g/mol. The molecule has 0 aliphatic rings. The van der Waals surface area contributed by atoms with E-state index in [9.17, 15) is 26.0 Å². The Morgan fingerprint density at radius 2 is 1.67 bits per heavy atom. The first-order chi connectivity index (χ1) is 17.1. The molecule has 0 atom stereocenters. The van der Waals surface area contributed by atoms with Crippen molar-refractivity contribution in [3.8, 4) is 22.6 Å². The molecule has 1 heterocycles. The maximum absolute atomic E-state index is 13.7. The number of nitrogens with zero attached hydrogens (tertiary/aromatic N) is 1. The van der Waals surface area contributed by atoms with E-state index < -0.39 is 28.3 Å². The lowest BCUT2D eigenvalue weighted by atomic mass is 9.94. The van der Waals surface area contributed by atoms with Crippen molar-refractivity contribution in [2.45, 2.75) is 17.6 Å². The predicted octanol–water partition coefficient (Wildman–Crippen LogP) is 6.18. The highest BCUT2D eigenvalue weighted by Crippen LogP contribution is 2.39. The van der Waals surface area contributed by atoms with Gasteiger partial charge >= 0.3 is 6.18 Å². The van der Waals surface area contributed by atoms with Gasteiger partial charge in [0.05, 0.1) is 16.0 Å². The number of fused-ring (bicyclic) bond motifs is 1. The van der Waals surface area contributed by atoms with Crippen molar-refractivity contribution in [1.82, 2.24) is 10.3 Å². The highest BCUT2D eigenvalue weighted by molar-refractivity contribution is 7.90. The first-order valence-electron chi connectivity index (χ1n) is 10.9. The number of rotatable bonds is 8. The van der Waals surface area contributed by atoms with Gasteiger partial charge in [-0.05, 0) is 53.1 Å². The Balaban J connectivity index is 1.82. The van der Waals surface area contributed by atoms with Gasteiger partial charge in [-0.25, -0.2) is 12.8 Å². The molecule has 0 fully saturated rings.